The van der Waals surface area contributed by atoms with Crippen LogP contribution in [0.2, 0.25) is 5.02 Å². The molecule has 2 heterocycles. The highest BCUT2D eigenvalue weighted by Crippen LogP contribution is 2.40. The number of hydrogen-bond donors (Lipinski definition) is 2. The first-order valence-corrected chi connectivity index (χ1v) is 8.88. The lowest BCUT2D eigenvalue weighted by Crippen LogP contribution is -1.91. The van der Waals surface area contributed by atoms with E-state index in [0.29, 0.717) is 10.2 Å². The summed E-state index contributed by atoms with van der Waals surface area (Å²) in [6.45, 7) is 7.68. The SMILES string of the molecule is CC(C)=NNc1nc2c(cc(Cl)c3nc(NN=C(C)C)sc32)s1. The Hall–Kier alpha value is -1.77. The Morgan fingerprint density at radius 3 is 2.13 bits per heavy atom. The first-order valence-electron chi connectivity index (χ1n) is 6.87. The van der Waals surface area contributed by atoms with E-state index in [9.17, 15) is 0 Å². The Morgan fingerprint density at radius 1 is 0.957 bits per heavy atom. The molecule has 0 fully saturated rings. The number of aromatic nitrogens is 2. The van der Waals surface area contributed by atoms with Crippen molar-refractivity contribution in [3.63, 3.8) is 0 Å². The molecule has 0 saturated carbocycles. The summed E-state index contributed by atoms with van der Waals surface area (Å²) in [5, 5.41) is 10.4. The van der Waals surface area contributed by atoms with Gasteiger partial charge >= 0.3 is 0 Å². The molecule has 6 nitrogen and oxygen atoms in total. The van der Waals surface area contributed by atoms with Crippen molar-refractivity contribution in [3.8, 4) is 0 Å². The number of benzene rings is 1. The molecule has 2 aromatic heterocycles. The third-order valence-corrected chi connectivity index (χ3v) is 4.89. The number of halogens is 1. The lowest BCUT2D eigenvalue weighted by atomic mass is 10.3. The zero-order chi connectivity index (χ0) is 16.6. The lowest BCUT2D eigenvalue weighted by molar-refractivity contribution is 1.28. The standard InChI is InChI=1S/C14H15ClN6S2/c1-6(2)18-20-13-17-11-9(22-13)5-8(15)10-12(11)23-14(16-10)21-19-7(3)4/h5H,1-4H3,(H,16,21)(H,17,20). The molecule has 0 aliphatic carbocycles. The number of thiazole rings is 2. The fraction of sp³-hybridized carbons (Fsp3) is 0.286. The van der Waals surface area contributed by atoms with Gasteiger partial charge in [-0.3, -0.25) is 10.9 Å². The van der Waals surface area contributed by atoms with E-state index >= 15 is 0 Å². The van der Waals surface area contributed by atoms with E-state index in [4.69, 9.17) is 11.6 Å². The highest BCUT2D eigenvalue weighted by atomic mass is 35.5. The maximum Gasteiger partial charge on any atom is 0.204 e. The van der Waals surface area contributed by atoms with E-state index in [-0.39, 0.29) is 0 Å². The van der Waals surface area contributed by atoms with E-state index in [2.05, 4.69) is 31.0 Å². The number of anilines is 2. The molecule has 1 aromatic carbocycles. The van der Waals surface area contributed by atoms with Gasteiger partial charge in [-0.05, 0) is 33.8 Å². The summed E-state index contributed by atoms with van der Waals surface area (Å²) < 4.78 is 1.94. The smallest absolute Gasteiger partial charge is 0.204 e. The van der Waals surface area contributed by atoms with Crippen molar-refractivity contribution < 1.29 is 0 Å². The maximum atomic E-state index is 6.36. The number of nitrogens with one attached hydrogen (secondary N) is 2. The summed E-state index contributed by atoms with van der Waals surface area (Å²) in [7, 11) is 0. The fourth-order valence-corrected chi connectivity index (χ4v) is 4.05. The molecule has 9 heteroatoms. The molecule has 0 aliphatic heterocycles. The zero-order valence-corrected chi connectivity index (χ0v) is 15.4. The first kappa shape index (κ1) is 16.1. The number of hydrazone groups is 2. The second kappa shape index (κ2) is 6.38. The highest BCUT2D eigenvalue weighted by Gasteiger charge is 2.15. The summed E-state index contributed by atoms with van der Waals surface area (Å²) in [4.78, 5) is 9.11. The van der Waals surface area contributed by atoms with E-state index in [1.165, 1.54) is 22.7 Å². The van der Waals surface area contributed by atoms with Gasteiger partial charge in [0.25, 0.3) is 0 Å². The van der Waals surface area contributed by atoms with Crippen LogP contribution in [0.1, 0.15) is 27.7 Å². The van der Waals surface area contributed by atoms with Crippen molar-refractivity contribution in [3.05, 3.63) is 11.1 Å². The minimum Gasteiger partial charge on any atom is -0.253 e. The summed E-state index contributed by atoms with van der Waals surface area (Å²) in [6.07, 6.45) is 0. The number of nitrogens with zero attached hydrogens (tertiary/aromatic N) is 4. The zero-order valence-electron chi connectivity index (χ0n) is 13.1. The van der Waals surface area contributed by atoms with Crippen LogP contribution < -0.4 is 10.9 Å². The Bertz CT molecular complexity index is 932. The number of rotatable bonds is 4. The molecule has 0 atom stereocenters. The Balaban J connectivity index is 2.09. The maximum absolute atomic E-state index is 6.36. The number of hydrogen-bond acceptors (Lipinski definition) is 8. The molecular weight excluding hydrogens is 352 g/mol. The van der Waals surface area contributed by atoms with Crippen LogP contribution in [0.5, 0.6) is 0 Å². The van der Waals surface area contributed by atoms with E-state index in [1.54, 1.807) is 0 Å². The van der Waals surface area contributed by atoms with Crippen LogP contribution in [0, 0.1) is 0 Å². The van der Waals surface area contributed by atoms with Gasteiger partial charge in [0.05, 0.1) is 14.4 Å². The predicted octanol–water partition coefficient (Wildman–Crippen LogP) is 5.17. The molecular formula is C14H15ClN6S2. The van der Waals surface area contributed by atoms with Crippen LogP contribution in [0.25, 0.3) is 20.4 Å². The van der Waals surface area contributed by atoms with Crippen molar-refractivity contribution in [2.45, 2.75) is 27.7 Å². The van der Waals surface area contributed by atoms with E-state index in [0.717, 1.165) is 37.0 Å². The third-order valence-electron chi connectivity index (χ3n) is 2.73. The van der Waals surface area contributed by atoms with Crippen LogP contribution >= 0.6 is 34.3 Å². The molecule has 0 radical (unpaired) electrons. The van der Waals surface area contributed by atoms with E-state index in [1.807, 2.05) is 33.8 Å². The van der Waals surface area contributed by atoms with Gasteiger partial charge in [0.1, 0.15) is 11.0 Å². The Kier molecular flexibility index (Phi) is 4.47. The normalized spacial score (nSPS) is 10.8. The van der Waals surface area contributed by atoms with Gasteiger partial charge in [0, 0.05) is 11.4 Å². The van der Waals surface area contributed by atoms with Crippen molar-refractivity contribution in [2.75, 3.05) is 10.9 Å². The third kappa shape index (κ3) is 3.44. The van der Waals surface area contributed by atoms with E-state index < -0.39 is 0 Å². The molecule has 0 unspecified atom stereocenters. The number of fused-ring (bicyclic) bond motifs is 3. The van der Waals surface area contributed by atoms with Gasteiger partial charge in [-0.1, -0.05) is 34.3 Å². The average Bonchev–Trinajstić information content (AvgIpc) is 3.06. The predicted molar refractivity (Wildman–Crippen MR) is 103 cm³/mol. The first-order chi connectivity index (χ1) is 10.9. The largest absolute Gasteiger partial charge is 0.253 e. The van der Waals surface area contributed by atoms with Crippen LogP contribution in [-0.4, -0.2) is 21.4 Å². The summed E-state index contributed by atoms with van der Waals surface area (Å²) in [5.74, 6) is 0. The highest BCUT2D eigenvalue weighted by molar-refractivity contribution is 7.25. The molecule has 120 valence electrons. The van der Waals surface area contributed by atoms with Crippen molar-refractivity contribution in [2.24, 2.45) is 10.2 Å². The van der Waals surface area contributed by atoms with Crippen molar-refractivity contribution >= 4 is 76.4 Å². The summed E-state index contributed by atoms with van der Waals surface area (Å²) >= 11 is 9.36. The van der Waals surface area contributed by atoms with Gasteiger partial charge in [-0.15, -0.1) is 0 Å². The van der Waals surface area contributed by atoms with Gasteiger partial charge < -0.3 is 0 Å². The minimum absolute atomic E-state index is 0.611. The quantitative estimate of drug-likeness (QED) is 0.493. The molecule has 3 rings (SSSR count). The molecule has 0 aliphatic rings. The van der Waals surface area contributed by atoms with Crippen LogP contribution in [-0.2, 0) is 0 Å². The molecule has 0 saturated heterocycles. The van der Waals surface area contributed by atoms with Crippen LogP contribution in [0.4, 0.5) is 10.3 Å². The van der Waals surface area contributed by atoms with Crippen molar-refractivity contribution in [1.29, 1.82) is 0 Å². The van der Waals surface area contributed by atoms with Gasteiger partial charge in [0.15, 0.2) is 0 Å². The summed E-state index contributed by atoms with van der Waals surface area (Å²) in [6, 6.07) is 1.89. The van der Waals surface area contributed by atoms with Crippen molar-refractivity contribution in [1.82, 2.24) is 9.97 Å². The van der Waals surface area contributed by atoms with Gasteiger partial charge in [-0.2, -0.15) is 10.2 Å². The molecule has 3 aromatic rings. The molecule has 2 N–H and O–H groups in total. The Morgan fingerprint density at radius 2 is 1.52 bits per heavy atom. The van der Waals surface area contributed by atoms with Gasteiger partial charge in [0.2, 0.25) is 10.3 Å². The van der Waals surface area contributed by atoms with Gasteiger partial charge in [-0.25, -0.2) is 9.97 Å². The molecule has 23 heavy (non-hydrogen) atoms. The molecule has 0 spiro atoms. The average molecular weight is 367 g/mol. The van der Waals surface area contributed by atoms with Crippen LogP contribution in [0.3, 0.4) is 0 Å². The Labute approximate surface area is 146 Å². The van der Waals surface area contributed by atoms with Crippen LogP contribution in [0.15, 0.2) is 16.3 Å². The topological polar surface area (TPSA) is 74.6 Å². The second-order valence-corrected chi connectivity index (χ2v) is 7.70. The lowest BCUT2D eigenvalue weighted by Gasteiger charge is -1.92. The minimum atomic E-state index is 0.611. The monoisotopic (exact) mass is 366 g/mol. The fourth-order valence-electron chi connectivity index (χ4n) is 1.83. The summed E-state index contributed by atoms with van der Waals surface area (Å²) in [5.41, 5.74) is 9.39. The molecule has 0 amide bonds. The second-order valence-electron chi connectivity index (χ2n) is 5.26. The molecule has 0 bridgehead atoms.